The Morgan fingerprint density at radius 1 is 1.27 bits per heavy atom. The van der Waals surface area contributed by atoms with Gasteiger partial charge in [0.15, 0.2) is 0 Å². The topological polar surface area (TPSA) is 45.2 Å². The number of aromatic nitrogens is 1. The van der Waals surface area contributed by atoms with Gasteiger partial charge in [-0.25, -0.2) is 4.98 Å². The van der Waals surface area contributed by atoms with Crippen LogP contribution in [-0.2, 0) is 13.1 Å². The molecule has 0 aliphatic carbocycles. The number of rotatable bonds is 5. The molecule has 0 radical (unpaired) electrons. The largest absolute Gasteiger partial charge is 0.347 e. The standard InChI is InChI=1S/C17H21N3OS/c1-13-16(17(21)18-11-14-7-3-2-4-8-14)22-15(19-13)12-20-9-5-6-10-20/h2-4,7-8H,5-6,9-12H2,1H3,(H,18,21). The summed E-state index contributed by atoms with van der Waals surface area (Å²) in [6.45, 7) is 5.64. The van der Waals surface area contributed by atoms with Crippen molar-refractivity contribution < 1.29 is 4.79 Å². The van der Waals surface area contributed by atoms with Crippen molar-refractivity contribution in [3.8, 4) is 0 Å². The lowest BCUT2D eigenvalue weighted by Crippen LogP contribution is -2.22. The Labute approximate surface area is 135 Å². The third-order valence-electron chi connectivity index (χ3n) is 3.90. The molecule has 1 aromatic heterocycles. The van der Waals surface area contributed by atoms with Crippen molar-refractivity contribution in [1.29, 1.82) is 0 Å². The van der Waals surface area contributed by atoms with Gasteiger partial charge in [-0.1, -0.05) is 30.3 Å². The molecule has 0 atom stereocenters. The maximum Gasteiger partial charge on any atom is 0.263 e. The van der Waals surface area contributed by atoms with Crippen LogP contribution in [0, 0.1) is 6.92 Å². The van der Waals surface area contributed by atoms with Crippen LogP contribution in [0.1, 0.15) is 38.8 Å². The normalized spacial score (nSPS) is 15.1. The Morgan fingerprint density at radius 3 is 2.73 bits per heavy atom. The Hall–Kier alpha value is -1.72. The van der Waals surface area contributed by atoms with Crippen molar-refractivity contribution in [2.45, 2.75) is 32.9 Å². The highest BCUT2D eigenvalue weighted by atomic mass is 32.1. The highest BCUT2D eigenvalue weighted by Gasteiger charge is 2.18. The average Bonchev–Trinajstić information content (AvgIpc) is 3.16. The number of thiazole rings is 1. The van der Waals surface area contributed by atoms with Gasteiger partial charge in [-0.2, -0.15) is 0 Å². The van der Waals surface area contributed by atoms with Crippen LogP contribution in [-0.4, -0.2) is 28.9 Å². The molecule has 0 spiro atoms. The molecule has 1 amide bonds. The molecule has 3 rings (SSSR count). The van der Waals surface area contributed by atoms with E-state index in [1.54, 1.807) is 0 Å². The number of benzene rings is 1. The molecule has 2 heterocycles. The second-order valence-electron chi connectivity index (χ2n) is 5.67. The highest BCUT2D eigenvalue weighted by molar-refractivity contribution is 7.13. The maximum atomic E-state index is 12.3. The van der Waals surface area contributed by atoms with E-state index < -0.39 is 0 Å². The molecule has 1 fully saturated rings. The molecule has 22 heavy (non-hydrogen) atoms. The smallest absolute Gasteiger partial charge is 0.263 e. The molecule has 0 unspecified atom stereocenters. The average molecular weight is 315 g/mol. The summed E-state index contributed by atoms with van der Waals surface area (Å²) >= 11 is 1.52. The van der Waals surface area contributed by atoms with Crippen LogP contribution in [0.4, 0.5) is 0 Å². The maximum absolute atomic E-state index is 12.3. The molecule has 1 aliphatic rings. The number of hydrogen-bond acceptors (Lipinski definition) is 4. The van der Waals surface area contributed by atoms with Crippen LogP contribution in [0.5, 0.6) is 0 Å². The molecule has 1 aromatic carbocycles. The monoisotopic (exact) mass is 315 g/mol. The minimum Gasteiger partial charge on any atom is -0.347 e. The van der Waals surface area contributed by atoms with Crippen LogP contribution in [0.2, 0.25) is 0 Å². The van der Waals surface area contributed by atoms with E-state index in [9.17, 15) is 4.79 Å². The Kier molecular flexibility index (Phi) is 4.85. The van der Waals surface area contributed by atoms with Crippen LogP contribution in [0.3, 0.4) is 0 Å². The molecular formula is C17H21N3OS. The van der Waals surface area contributed by atoms with Gasteiger partial charge in [-0.3, -0.25) is 9.69 Å². The third kappa shape index (κ3) is 3.72. The highest BCUT2D eigenvalue weighted by Crippen LogP contribution is 2.21. The lowest BCUT2D eigenvalue weighted by Gasteiger charge is -2.11. The quantitative estimate of drug-likeness (QED) is 0.922. The fourth-order valence-electron chi connectivity index (χ4n) is 2.72. The first kappa shape index (κ1) is 15.2. The summed E-state index contributed by atoms with van der Waals surface area (Å²) < 4.78 is 0. The van der Waals surface area contributed by atoms with E-state index in [1.165, 1.54) is 24.2 Å². The third-order valence-corrected chi connectivity index (χ3v) is 5.04. The van der Waals surface area contributed by atoms with Crippen LogP contribution >= 0.6 is 11.3 Å². The molecule has 5 heteroatoms. The summed E-state index contributed by atoms with van der Waals surface area (Å²) in [4.78, 5) is 20.0. The fraction of sp³-hybridized carbons (Fsp3) is 0.412. The van der Waals surface area contributed by atoms with Crippen molar-refractivity contribution in [3.05, 3.63) is 51.5 Å². The fourth-order valence-corrected chi connectivity index (χ4v) is 3.74. The summed E-state index contributed by atoms with van der Waals surface area (Å²) in [5.74, 6) is -0.0217. The predicted molar refractivity (Wildman–Crippen MR) is 89.0 cm³/mol. The van der Waals surface area contributed by atoms with Crippen molar-refractivity contribution in [2.75, 3.05) is 13.1 Å². The second kappa shape index (κ2) is 7.03. The van der Waals surface area contributed by atoms with Gasteiger partial charge in [-0.15, -0.1) is 11.3 Å². The predicted octanol–water partition coefficient (Wildman–Crippen LogP) is 2.98. The first-order valence-electron chi connectivity index (χ1n) is 7.73. The van der Waals surface area contributed by atoms with E-state index in [1.807, 2.05) is 37.3 Å². The molecule has 0 saturated carbocycles. The van der Waals surface area contributed by atoms with Crippen molar-refractivity contribution in [2.24, 2.45) is 0 Å². The van der Waals surface area contributed by atoms with Crippen LogP contribution in [0.25, 0.3) is 0 Å². The van der Waals surface area contributed by atoms with E-state index in [2.05, 4.69) is 15.2 Å². The van der Waals surface area contributed by atoms with Gasteiger partial charge in [0.2, 0.25) is 0 Å². The molecule has 2 aromatic rings. The number of aryl methyl sites for hydroxylation is 1. The minimum absolute atomic E-state index is 0.0217. The zero-order chi connectivity index (χ0) is 15.4. The first-order chi connectivity index (χ1) is 10.7. The van der Waals surface area contributed by atoms with Gasteiger partial charge >= 0.3 is 0 Å². The summed E-state index contributed by atoms with van der Waals surface area (Å²) in [7, 11) is 0. The molecule has 4 nitrogen and oxygen atoms in total. The number of amides is 1. The van der Waals surface area contributed by atoms with E-state index in [4.69, 9.17) is 0 Å². The van der Waals surface area contributed by atoms with E-state index in [0.29, 0.717) is 6.54 Å². The zero-order valence-corrected chi connectivity index (χ0v) is 13.7. The van der Waals surface area contributed by atoms with Gasteiger partial charge in [0.25, 0.3) is 5.91 Å². The second-order valence-corrected chi connectivity index (χ2v) is 6.76. The van der Waals surface area contributed by atoms with Gasteiger partial charge < -0.3 is 5.32 Å². The molecule has 0 bridgehead atoms. The molecular weight excluding hydrogens is 294 g/mol. The first-order valence-corrected chi connectivity index (χ1v) is 8.55. The number of nitrogens with zero attached hydrogens (tertiary/aromatic N) is 2. The Balaban J connectivity index is 1.61. The Morgan fingerprint density at radius 2 is 2.00 bits per heavy atom. The number of carbonyl (C=O) groups excluding carboxylic acids is 1. The lowest BCUT2D eigenvalue weighted by atomic mass is 10.2. The molecule has 1 aliphatic heterocycles. The summed E-state index contributed by atoms with van der Waals surface area (Å²) in [6.07, 6.45) is 2.55. The summed E-state index contributed by atoms with van der Waals surface area (Å²) in [6, 6.07) is 9.96. The van der Waals surface area contributed by atoms with Crippen LogP contribution < -0.4 is 5.32 Å². The van der Waals surface area contributed by atoms with Crippen LogP contribution in [0.15, 0.2) is 30.3 Å². The number of nitrogens with one attached hydrogen (secondary N) is 1. The lowest BCUT2D eigenvalue weighted by molar-refractivity contribution is 0.0954. The van der Waals surface area contributed by atoms with Gasteiger partial charge in [0.05, 0.1) is 12.2 Å². The Bertz CT molecular complexity index is 633. The summed E-state index contributed by atoms with van der Waals surface area (Å²) in [5.41, 5.74) is 1.94. The molecule has 1 N–H and O–H groups in total. The van der Waals surface area contributed by atoms with Crippen molar-refractivity contribution in [1.82, 2.24) is 15.2 Å². The zero-order valence-electron chi connectivity index (χ0n) is 12.8. The van der Waals surface area contributed by atoms with E-state index in [-0.39, 0.29) is 5.91 Å². The number of carbonyl (C=O) groups is 1. The number of hydrogen-bond donors (Lipinski definition) is 1. The summed E-state index contributed by atoms with van der Waals surface area (Å²) in [5, 5.41) is 4.03. The molecule has 1 saturated heterocycles. The van der Waals surface area contributed by atoms with Gasteiger partial charge in [-0.05, 0) is 38.4 Å². The minimum atomic E-state index is -0.0217. The SMILES string of the molecule is Cc1nc(CN2CCCC2)sc1C(=O)NCc1ccccc1. The van der Waals surface area contributed by atoms with Crippen molar-refractivity contribution in [3.63, 3.8) is 0 Å². The van der Waals surface area contributed by atoms with Gasteiger partial charge in [0, 0.05) is 6.54 Å². The molecule has 116 valence electrons. The van der Waals surface area contributed by atoms with Crippen molar-refractivity contribution >= 4 is 17.2 Å². The number of likely N-dealkylation sites (tertiary alicyclic amines) is 1. The van der Waals surface area contributed by atoms with E-state index in [0.717, 1.165) is 40.8 Å². The van der Waals surface area contributed by atoms with E-state index >= 15 is 0 Å². The van der Waals surface area contributed by atoms with Gasteiger partial charge in [0.1, 0.15) is 9.88 Å².